The summed E-state index contributed by atoms with van der Waals surface area (Å²) >= 11 is 0. The number of carbonyl (C=O) groups excluding carboxylic acids is 1. The molecule has 30 heavy (non-hydrogen) atoms. The summed E-state index contributed by atoms with van der Waals surface area (Å²) in [7, 11) is 0. The zero-order valence-corrected chi connectivity index (χ0v) is 15.7. The third kappa shape index (κ3) is 5.22. The second-order valence-corrected chi connectivity index (χ2v) is 6.27. The van der Waals surface area contributed by atoms with Gasteiger partial charge in [-0.25, -0.2) is 4.98 Å². The van der Waals surface area contributed by atoms with Crippen LogP contribution in [0.4, 0.5) is 24.5 Å². The summed E-state index contributed by atoms with van der Waals surface area (Å²) in [4.78, 5) is 14.8. The number of nitrogens with zero attached hydrogens (tertiary/aromatic N) is 3. The molecule has 0 aliphatic carbocycles. The van der Waals surface area contributed by atoms with E-state index in [2.05, 4.69) is 32.4 Å². The topological polar surface area (TPSA) is 92.9 Å². The second kappa shape index (κ2) is 9.21. The van der Waals surface area contributed by atoms with Crippen LogP contribution in [-0.4, -0.2) is 27.6 Å². The minimum atomic E-state index is -4.36. The van der Waals surface area contributed by atoms with Crippen molar-refractivity contribution in [3.8, 4) is 11.6 Å². The normalized spacial score (nSPS) is 15.7. The van der Waals surface area contributed by atoms with Crippen LogP contribution in [0.5, 0.6) is 0 Å². The summed E-state index contributed by atoms with van der Waals surface area (Å²) < 4.78 is 42.7. The van der Waals surface area contributed by atoms with Gasteiger partial charge in [0.05, 0.1) is 17.2 Å². The molecule has 1 aliphatic rings. The minimum Gasteiger partial charge on any atom is -0.422 e. The SMILES string of the molecule is C=C[C@H]1CCNC1=O.FC(F)(F)c1ccc(Nc2cccnc2-c2nnco2)cc1. The first kappa shape index (κ1) is 21.0. The zero-order chi connectivity index (χ0) is 21.6. The molecule has 2 N–H and O–H groups in total. The van der Waals surface area contributed by atoms with E-state index in [1.165, 1.54) is 18.5 Å². The van der Waals surface area contributed by atoms with Gasteiger partial charge in [-0.1, -0.05) is 6.08 Å². The number of hydrogen-bond acceptors (Lipinski definition) is 6. The van der Waals surface area contributed by atoms with Gasteiger partial charge in [0.2, 0.25) is 12.3 Å². The molecular formula is C20H18F3N5O2. The molecule has 0 spiro atoms. The van der Waals surface area contributed by atoms with Crippen molar-refractivity contribution in [3.05, 3.63) is 67.2 Å². The lowest BCUT2D eigenvalue weighted by Crippen LogP contribution is -2.17. The van der Waals surface area contributed by atoms with Gasteiger partial charge < -0.3 is 15.1 Å². The van der Waals surface area contributed by atoms with Crippen LogP contribution in [0.25, 0.3) is 11.6 Å². The van der Waals surface area contributed by atoms with Crippen LogP contribution in [0.3, 0.4) is 0 Å². The lowest BCUT2D eigenvalue weighted by molar-refractivity contribution is -0.137. The molecule has 7 nitrogen and oxygen atoms in total. The van der Waals surface area contributed by atoms with Crippen LogP contribution < -0.4 is 10.6 Å². The number of hydrogen-bond donors (Lipinski definition) is 2. The molecule has 4 rings (SSSR count). The summed E-state index contributed by atoms with van der Waals surface area (Å²) in [6, 6.07) is 8.09. The Morgan fingerprint density at radius 2 is 2.00 bits per heavy atom. The van der Waals surface area contributed by atoms with Gasteiger partial charge in [0.15, 0.2) is 5.69 Å². The van der Waals surface area contributed by atoms with Crippen molar-refractivity contribution in [1.82, 2.24) is 20.5 Å². The minimum absolute atomic E-state index is 0.0787. The number of anilines is 2. The van der Waals surface area contributed by atoms with E-state index in [1.807, 2.05) is 0 Å². The molecule has 0 bridgehead atoms. The Balaban J connectivity index is 0.000000269. The van der Waals surface area contributed by atoms with Crippen LogP contribution >= 0.6 is 0 Å². The maximum absolute atomic E-state index is 12.5. The molecule has 1 aromatic carbocycles. The van der Waals surface area contributed by atoms with Crippen LogP contribution in [0, 0.1) is 5.92 Å². The van der Waals surface area contributed by atoms with Gasteiger partial charge in [-0.05, 0) is 42.8 Å². The van der Waals surface area contributed by atoms with Crippen LogP contribution in [0.1, 0.15) is 12.0 Å². The smallest absolute Gasteiger partial charge is 0.416 e. The highest BCUT2D eigenvalue weighted by Gasteiger charge is 2.30. The van der Waals surface area contributed by atoms with E-state index in [-0.39, 0.29) is 17.7 Å². The third-order valence-electron chi connectivity index (χ3n) is 4.24. The van der Waals surface area contributed by atoms with Crippen LogP contribution in [-0.2, 0) is 11.0 Å². The Bertz CT molecular complexity index is 988. The number of rotatable bonds is 4. The van der Waals surface area contributed by atoms with Gasteiger partial charge in [0.1, 0.15) is 0 Å². The Morgan fingerprint density at radius 1 is 1.23 bits per heavy atom. The van der Waals surface area contributed by atoms with E-state index in [0.717, 1.165) is 25.1 Å². The maximum atomic E-state index is 12.5. The highest BCUT2D eigenvalue weighted by molar-refractivity contribution is 5.82. The molecule has 3 aromatic rings. The van der Waals surface area contributed by atoms with E-state index >= 15 is 0 Å². The predicted molar refractivity (Wildman–Crippen MR) is 104 cm³/mol. The van der Waals surface area contributed by atoms with Crippen molar-refractivity contribution >= 4 is 17.3 Å². The number of amides is 1. The molecule has 0 radical (unpaired) electrons. The molecule has 1 atom stereocenters. The highest BCUT2D eigenvalue weighted by atomic mass is 19.4. The Morgan fingerprint density at radius 3 is 2.53 bits per heavy atom. The fourth-order valence-corrected chi connectivity index (χ4v) is 2.69. The van der Waals surface area contributed by atoms with E-state index in [0.29, 0.717) is 17.1 Å². The van der Waals surface area contributed by atoms with Gasteiger partial charge in [0.25, 0.3) is 5.89 Å². The van der Waals surface area contributed by atoms with E-state index < -0.39 is 11.7 Å². The number of alkyl halides is 3. The molecule has 2 aromatic heterocycles. The third-order valence-corrected chi connectivity index (χ3v) is 4.24. The van der Waals surface area contributed by atoms with E-state index in [9.17, 15) is 18.0 Å². The van der Waals surface area contributed by atoms with Crippen molar-refractivity contribution in [2.24, 2.45) is 5.92 Å². The van der Waals surface area contributed by atoms with Crippen molar-refractivity contribution in [2.75, 3.05) is 11.9 Å². The molecule has 1 amide bonds. The Hall–Kier alpha value is -3.69. The summed E-state index contributed by atoms with van der Waals surface area (Å²) in [5.41, 5.74) is 0.745. The van der Waals surface area contributed by atoms with Crippen molar-refractivity contribution < 1.29 is 22.4 Å². The first-order valence-electron chi connectivity index (χ1n) is 8.94. The van der Waals surface area contributed by atoms with Gasteiger partial charge >= 0.3 is 6.18 Å². The summed E-state index contributed by atoms with van der Waals surface area (Å²) in [6.45, 7) is 4.35. The number of nitrogens with one attached hydrogen (secondary N) is 2. The molecule has 1 aliphatic heterocycles. The van der Waals surface area contributed by atoms with Crippen LogP contribution in [0.2, 0.25) is 0 Å². The van der Waals surface area contributed by atoms with Crippen molar-refractivity contribution in [3.63, 3.8) is 0 Å². The molecule has 0 saturated carbocycles. The van der Waals surface area contributed by atoms with Crippen molar-refractivity contribution in [2.45, 2.75) is 12.6 Å². The lowest BCUT2D eigenvalue weighted by atomic mass is 10.1. The first-order chi connectivity index (χ1) is 14.4. The summed E-state index contributed by atoms with van der Waals surface area (Å²) in [6.07, 6.45) is 0.982. The molecule has 156 valence electrons. The monoisotopic (exact) mass is 417 g/mol. The predicted octanol–water partition coefficient (Wildman–Crippen LogP) is 4.20. The second-order valence-electron chi connectivity index (χ2n) is 6.27. The fraction of sp³-hybridized carbons (Fsp3) is 0.200. The Labute approximate surface area is 170 Å². The summed E-state index contributed by atoms with van der Waals surface area (Å²) in [5.74, 6) is 0.421. The number of pyridine rings is 1. The molecular weight excluding hydrogens is 399 g/mol. The number of benzene rings is 1. The molecule has 1 saturated heterocycles. The van der Waals surface area contributed by atoms with Crippen LogP contribution in [0.15, 0.2) is 66.1 Å². The number of aromatic nitrogens is 3. The number of halogens is 3. The summed E-state index contributed by atoms with van der Waals surface area (Å²) in [5, 5.41) is 13.0. The quantitative estimate of drug-likeness (QED) is 0.618. The van der Waals surface area contributed by atoms with E-state index in [1.54, 1.807) is 24.4 Å². The lowest BCUT2D eigenvalue weighted by Gasteiger charge is -2.11. The van der Waals surface area contributed by atoms with Gasteiger partial charge in [-0.3, -0.25) is 4.79 Å². The average Bonchev–Trinajstić information content (AvgIpc) is 3.40. The van der Waals surface area contributed by atoms with Gasteiger partial charge in [0, 0.05) is 18.4 Å². The van der Waals surface area contributed by atoms with Gasteiger partial charge in [-0.2, -0.15) is 13.2 Å². The van der Waals surface area contributed by atoms with Crippen molar-refractivity contribution in [1.29, 1.82) is 0 Å². The maximum Gasteiger partial charge on any atom is 0.416 e. The Kier molecular flexibility index (Phi) is 6.45. The molecule has 3 heterocycles. The number of carbonyl (C=O) groups is 1. The fourth-order valence-electron chi connectivity index (χ4n) is 2.69. The highest BCUT2D eigenvalue weighted by Crippen LogP contribution is 2.31. The standard InChI is InChI=1S/C14H9F3N4O.C6H9NO/c15-14(16,17)9-3-5-10(6-4-9)20-11-2-1-7-18-12(11)13-21-19-8-22-13;1-2-5-3-4-7-6(5)8/h1-8,20H;2,5H,1,3-4H2,(H,7,8)/t;5-/m.0/s1. The molecule has 1 fully saturated rings. The molecule has 10 heteroatoms. The van der Waals surface area contributed by atoms with Gasteiger partial charge in [-0.15, -0.1) is 16.8 Å². The zero-order valence-electron chi connectivity index (χ0n) is 15.7. The average molecular weight is 417 g/mol. The van der Waals surface area contributed by atoms with E-state index in [4.69, 9.17) is 4.42 Å². The molecule has 0 unspecified atom stereocenters. The largest absolute Gasteiger partial charge is 0.422 e. The first-order valence-corrected chi connectivity index (χ1v) is 8.94.